The number of hydrogen-bond donors (Lipinski definition) is 3. The van der Waals surface area contributed by atoms with Gasteiger partial charge in [-0.05, 0) is 13.3 Å². The van der Waals surface area contributed by atoms with Gasteiger partial charge in [0.2, 0.25) is 5.91 Å². The van der Waals surface area contributed by atoms with Crippen molar-refractivity contribution in [3.8, 4) is 0 Å². The van der Waals surface area contributed by atoms with Crippen LogP contribution < -0.4 is 10.6 Å². The highest BCUT2D eigenvalue weighted by molar-refractivity contribution is 5.75. The van der Waals surface area contributed by atoms with Crippen molar-refractivity contribution in [2.75, 3.05) is 32.8 Å². The van der Waals surface area contributed by atoms with E-state index in [1.165, 1.54) is 32.1 Å². The Morgan fingerprint density at radius 1 is 1.14 bits per heavy atom. The van der Waals surface area contributed by atoms with E-state index in [9.17, 15) is 9.90 Å². The third-order valence-electron chi connectivity index (χ3n) is 3.24. The summed E-state index contributed by atoms with van der Waals surface area (Å²) in [7, 11) is 0. The first-order valence-corrected chi connectivity index (χ1v) is 8.43. The highest BCUT2D eigenvalue weighted by atomic mass is 16.5. The summed E-state index contributed by atoms with van der Waals surface area (Å²) in [6.45, 7) is 6.92. The van der Waals surface area contributed by atoms with E-state index in [-0.39, 0.29) is 5.91 Å². The van der Waals surface area contributed by atoms with Crippen LogP contribution in [0, 0.1) is 0 Å². The Labute approximate surface area is 129 Å². The minimum absolute atomic E-state index is 0.0406. The van der Waals surface area contributed by atoms with Crippen molar-refractivity contribution in [3.05, 3.63) is 0 Å². The number of carbonyl (C=O) groups is 1. The van der Waals surface area contributed by atoms with Crippen molar-refractivity contribution in [2.45, 2.75) is 64.9 Å². The standard InChI is InChI=1S/C16H34N2O3/c1-3-5-6-7-8-9-12-21-14-15(19)13-17-11-10-16(20)18-4-2/h15,17,19H,3-14H2,1-2H3,(H,18,20). The van der Waals surface area contributed by atoms with Crippen LogP contribution in [0.25, 0.3) is 0 Å². The second kappa shape index (κ2) is 15.7. The van der Waals surface area contributed by atoms with Crippen LogP contribution in [0.1, 0.15) is 58.8 Å². The number of unbranched alkanes of at least 4 members (excludes halogenated alkanes) is 5. The van der Waals surface area contributed by atoms with Crippen molar-refractivity contribution >= 4 is 5.91 Å². The summed E-state index contributed by atoms with van der Waals surface area (Å²) in [5.41, 5.74) is 0. The third kappa shape index (κ3) is 15.6. The van der Waals surface area contributed by atoms with Crippen LogP contribution in [0.3, 0.4) is 0 Å². The van der Waals surface area contributed by atoms with Gasteiger partial charge in [0.05, 0.1) is 12.7 Å². The van der Waals surface area contributed by atoms with E-state index in [2.05, 4.69) is 17.6 Å². The molecule has 0 aromatic rings. The van der Waals surface area contributed by atoms with Crippen LogP contribution in [-0.4, -0.2) is 50.0 Å². The molecule has 0 aliphatic carbocycles. The molecule has 126 valence electrons. The van der Waals surface area contributed by atoms with E-state index in [1.54, 1.807) is 0 Å². The zero-order valence-corrected chi connectivity index (χ0v) is 13.8. The Bertz CT molecular complexity index is 238. The maximum Gasteiger partial charge on any atom is 0.221 e. The second-order valence-electron chi connectivity index (χ2n) is 5.40. The van der Waals surface area contributed by atoms with Crippen molar-refractivity contribution in [1.29, 1.82) is 0 Å². The van der Waals surface area contributed by atoms with Crippen LogP contribution >= 0.6 is 0 Å². The van der Waals surface area contributed by atoms with Crippen LogP contribution in [0.4, 0.5) is 0 Å². The van der Waals surface area contributed by atoms with Crippen molar-refractivity contribution < 1.29 is 14.6 Å². The lowest BCUT2D eigenvalue weighted by Crippen LogP contribution is -2.33. The van der Waals surface area contributed by atoms with Crippen LogP contribution in [-0.2, 0) is 9.53 Å². The van der Waals surface area contributed by atoms with Gasteiger partial charge in [-0.1, -0.05) is 39.0 Å². The van der Waals surface area contributed by atoms with Gasteiger partial charge in [0.25, 0.3) is 0 Å². The predicted molar refractivity (Wildman–Crippen MR) is 86.4 cm³/mol. The van der Waals surface area contributed by atoms with Crippen molar-refractivity contribution in [2.24, 2.45) is 0 Å². The molecule has 0 saturated carbocycles. The summed E-state index contributed by atoms with van der Waals surface area (Å²) >= 11 is 0. The SMILES string of the molecule is CCCCCCCCOCC(O)CNCCC(=O)NCC. The molecule has 1 atom stereocenters. The molecular weight excluding hydrogens is 268 g/mol. The second-order valence-corrected chi connectivity index (χ2v) is 5.40. The summed E-state index contributed by atoms with van der Waals surface area (Å²) in [4.78, 5) is 11.2. The zero-order valence-electron chi connectivity index (χ0n) is 13.8. The molecule has 5 nitrogen and oxygen atoms in total. The number of aliphatic hydroxyl groups is 1. The monoisotopic (exact) mass is 302 g/mol. The van der Waals surface area contributed by atoms with E-state index in [0.29, 0.717) is 32.7 Å². The Morgan fingerprint density at radius 3 is 2.57 bits per heavy atom. The largest absolute Gasteiger partial charge is 0.389 e. The number of amides is 1. The summed E-state index contributed by atoms with van der Waals surface area (Å²) in [5.74, 6) is 0.0406. The lowest BCUT2D eigenvalue weighted by molar-refractivity contribution is -0.120. The highest BCUT2D eigenvalue weighted by Crippen LogP contribution is 2.04. The smallest absolute Gasteiger partial charge is 0.221 e. The Balaban J connectivity index is 3.23. The van der Waals surface area contributed by atoms with E-state index < -0.39 is 6.10 Å². The molecule has 0 radical (unpaired) electrons. The first-order valence-electron chi connectivity index (χ1n) is 8.43. The fourth-order valence-electron chi connectivity index (χ4n) is 2.02. The molecule has 21 heavy (non-hydrogen) atoms. The zero-order chi connectivity index (χ0) is 15.8. The Morgan fingerprint density at radius 2 is 1.86 bits per heavy atom. The molecule has 0 saturated heterocycles. The molecule has 0 rings (SSSR count). The predicted octanol–water partition coefficient (Wildman–Crippen LogP) is 1.84. The van der Waals surface area contributed by atoms with Gasteiger partial charge in [0.15, 0.2) is 0 Å². The first kappa shape index (κ1) is 20.3. The minimum Gasteiger partial charge on any atom is -0.389 e. The van der Waals surface area contributed by atoms with E-state index in [4.69, 9.17) is 4.74 Å². The highest BCUT2D eigenvalue weighted by Gasteiger charge is 2.04. The fourth-order valence-corrected chi connectivity index (χ4v) is 2.02. The van der Waals surface area contributed by atoms with Crippen LogP contribution in [0.2, 0.25) is 0 Å². The summed E-state index contributed by atoms with van der Waals surface area (Å²) in [6.07, 6.45) is 7.41. The molecule has 3 N–H and O–H groups in total. The van der Waals surface area contributed by atoms with E-state index in [1.807, 2.05) is 6.92 Å². The van der Waals surface area contributed by atoms with Gasteiger partial charge in [-0.25, -0.2) is 0 Å². The third-order valence-corrected chi connectivity index (χ3v) is 3.24. The Hall–Kier alpha value is -0.650. The lowest BCUT2D eigenvalue weighted by Gasteiger charge is -2.12. The molecule has 0 fully saturated rings. The van der Waals surface area contributed by atoms with E-state index >= 15 is 0 Å². The molecule has 0 spiro atoms. The topological polar surface area (TPSA) is 70.6 Å². The summed E-state index contributed by atoms with van der Waals surface area (Å²) in [6, 6.07) is 0. The van der Waals surface area contributed by atoms with E-state index in [0.717, 1.165) is 13.0 Å². The Kier molecular flexibility index (Phi) is 15.2. The van der Waals surface area contributed by atoms with Gasteiger partial charge in [-0.15, -0.1) is 0 Å². The minimum atomic E-state index is -0.501. The van der Waals surface area contributed by atoms with Gasteiger partial charge in [0, 0.05) is 32.7 Å². The molecule has 1 amide bonds. The summed E-state index contributed by atoms with van der Waals surface area (Å²) < 4.78 is 5.45. The average molecular weight is 302 g/mol. The normalized spacial score (nSPS) is 12.3. The molecule has 0 aromatic heterocycles. The number of rotatable bonds is 15. The van der Waals surface area contributed by atoms with Gasteiger partial charge in [0.1, 0.15) is 0 Å². The maximum atomic E-state index is 11.2. The first-order chi connectivity index (χ1) is 10.2. The number of nitrogens with one attached hydrogen (secondary N) is 2. The van der Waals surface area contributed by atoms with Crippen LogP contribution in [0.15, 0.2) is 0 Å². The van der Waals surface area contributed by atoms with Crippen molar-refractivity contribution in [1.82, 2.24) is 10.6 Å². The fraction of sp³-hybridized carbons (Fsp3) is 0.938. The molecular formula is C16H34N2O3. The average Bonchev–Trinajstić information content (AvgIpc) is 2.47. The number of carbonyl (C=O) groups excluding carboxylic acids is 1. The molecule has 0 bridgehead atoms. The summed E-state index contributed by atoms with van der Waals surface area (Å²) in [5, 5.41) is 15.5. The molecule has 0 aliphatic rings. The molecule has 5 heteroatoms. The number of hydrogen-bond acceptors (Lipinski definition) is 4. The van der Waals surface area contributed by atoms with Gasteiger partial charge < -0.3 is 20.5 Å². The molecule has 0 aromatic carbocycles. The van der Waals surface area contributed by atoms with Crippen molar-refractivity contribution in [3.63, 3.8) is 0 Å². The molecule has 1 unspecified atom stereocenters. The van der Waals surface area contributed by atoms with Gasteiger partial charge >= 0.3 is 0 Å². The lowest BCUT2D eigenvalue weighted by atomic mass is 10.1. The number of ether oxygens (including phenoxy) is 1. The molecule has 0 heterocycles. The maximum absolute atomic E-state index is 11.2. The quantitative estimate of drug-likeness (QED) is 0.404. The van der Waals surface area contributed by atoms with Gasteiger partial charge in [-0.3, -0.25) is 4.79 Å². The van der Waals surface area contributed by atoms with Crippen LogP contribution in [0.5, 0.6) is 0 Å². The molecule has 0 aliphatic heterocycles. The van der Waals surface area contributed by atoms with Gasteiger partial charge in [-0.2, -0.15) is 0 Å². The number of aliphatic hydroxyl groups excluding tert-OH is 1.